The van der Waals surface area contributed by atoms with E-state index in [4.69, 9.17) is 9.47 Å². The second kappa shape index (κ2) is 11.1. The molecule has 158 valence electrons. The Morgan fingerprint density at radius 3 is 2.32 bits per heavy atom. The van der Waals surface area contributed by atoms with Crippen LogP contribution >= 0.6 is 15.9 Å². The molecule has 7 heteroatoms. The summed E-state index contributed by atoms with van der Waals surface area (Å²) in [5.74, 6) is 0.216. The molecular weight excluding hydrogens is 460 g/mol. The van der Waals surface area contributed by atoms with Crippen molar-refractivity contribution in [1.29, 1.82) is 0 Å². The van der Waals surface area contributed by atoms with Gasteiger partial charge in [0.05, 0.1) is 11.8 Å². The van der Waals surface area contributed by atoms with Gasteiger partial charge in [0.1, 0.15) is 11.5 Å². The third-order valence-corrected chi connectivity index (χ3v) is 4.98. The van der Waals surface area contributed by atoms with Crippen molar-refractivity contribution >= 4 is 34.0 Å². The van der Waals surface area contributed by atoms with Gasteiger partial charge in [-0.05, 0) is 82.0 Å². The van der Waals surface area contributed by atoms with E-state index in [2.05, 4.69) is 33.4 Å². The number of carbonyl (C=O) groups excluding carboxylic acids is 2. The molecule has 0 spiro atoms. The van der Waals surface area contributed by atoms with Crippen molar-refractivity contribution in [3.63, 3.8) is 0 Å². The zero-order valence-corrected chi connectivity index (χ0v) is 18.5. The Balaban J connectivity index is 1.46. The van der Waals surface area contributed by atoms with Gasteiger partial charge < -0.3 is 9.47 Å². The van der Waals surface area contributed by atoms with E-state index in [1.54, 1.807) is 42.5 Å². The number of ether oxygens (including phenoxy) is 2. The molecule has 0 saturated heterocycles. The summed E-state index contributed by atoms with van der Waals surface area (Å²) in [6.07, 6.45) is 2.44. The van der Waals surface area contributed by atoms with Crippen LogP contribution in [0.15, 0.2) is 82.4 Å². The highest BCUT2D eigenvalue weighted by atomic mass is 79.9. The van der Waals surface area contributed by atoms with Crippen molar-refractivity contribution in [2.45, 2.75) is 13.3 Å². The highest BCUT2D eigenvalue weighted by molar-refractivity contribution is 9.10. The first-order chi connectivity index (χ1) is 15.0. The molecule has 0 heterocycles. The SMILES string of the molecule is CCc1ccc(OCC(=O)N/N=C\c2ccc(OC(=O)c3ccccc3Br)cc2)cc1. The van der Waals surface area contributed by atoms with E-state index < -0.39 is 5.97 Å². The first-order valence-corrected chi connectivity index (χ1v) is 10.4. The second-order valence-corrected chi connectivity index (χ2v) is 7.37. The molecule has 0 aliphatic heterocycles. The van der Waals surface area contributed by atoms with Crippen LogP contribution in [-0.4, -0.2) is 24.7 Å². The highest BCUT2D eigenvalue weighted by Gasteiger charge is 2.11. The zero-order chi connectivity index (χ0) is 22.1. The molecular formula is C24H21BrN2O4. The van der Waals surface area contributed by atoms with Gasteiger partial charge in [-0.3, -0.25) is 4.79 Å². The number of esters is 1. The number of nitrogens with zero attached hydrogens (tertiary/aromatic N) is 1. The van der Waals surface area contributed by atoms with Crippen LogP contribution in [0.4, 0.5) is 0 Å². The number of halogens is 1. The Morgan fingerprint density at radius 2 is 1.65 bits per heavy atom. The van der Waals surface area contributed by atoms with E-state index in [0.29, 0.717) is 21.5 Å². The van der Waals surface area contributed by atoms with Crippen molar-refractivity contribution in [2.75, 3.05) is 6.61 Å². The standard InChI is InChI=1S/C24H21BrN2O4/c1-2-17-7-11-19(12-8-17)30-16-23(28)27-26-15-18-9-13-20(14-10-18)31-24(29)21-5-3-4-6-22(21)25/h3-15H,2,16H2,1H3,(H,27,28)/b26-15-. The van der Waals surface area contributed by atoms with Crippen molar-refractivity contribution < 1.29 is 19.1 Å². The topological polar surface area (TPSA) is 77.0 Å². The quantitative estimate of drug-likeness (QED) is 0.218. The van der Waals surface area contributed by atoms with Crippen molar-refractivity contribution in [1.82, 2.24) is 5.43 Å². The van der Waals surface area contributed by atoms with E-state index in [9.17, 15) is 9.59 Å². The fraction of sp³-hybridized carbons (Fsp3) is 0.125. The van der Waals surface area contributed by atoms with E-state index in [0.717, 1.165) is 12.0 Å². The Bertz CT molecular complexity index is 1060. The van der Waals surface area contributed by atoms with Crippen LogP contribution in [0.3, 0.4) is 0 Å². The highest BCUT2D eigenvalue weighted by Crippen LogP contribution is 2.19. The lowest BCUT2D eigenvalue weighted by Crippen LogP contribution is -2.24. The number of rotatable bonds is 8. The molecule has 0 atom stereocenters. The molecule has 6 nitrogen and oxygen atoms in total. The summed E-state index contributed by atoms with van der Waals surface area (Å²) in [4.78, 5) is 24.1. The number of hydrazone groups is 1. The minimum atomic E-state index is -0.453. The fourth-order valence-corrected chi connectivity index (χ4v) is 3.04. The van der Waals surface area contributed by atoms with Crippen molar-refractivity contribution in [3.05, 3.63) is 94.0 Å². The molecule has 3 rings (SSSR count). The zero-order valence-electron chi connectivity index (χ0n) is 16.9. The summed E-state index contributed by atoms with van der Waals surface area (Å²) in [7, 11) is 0. The summed E-state index contributed by atoms with van der Waals surface area (Å²) in [6, 6.07) is 21.4. The van der Waals surface area contributed by atoms with Crippen LogP contribution in [0, 0.1) is 0 Å². The second-order valence-electron chi connectivity index (χ2n) is 6.52. The maximum Gasteiger partial charge on any atom is 0.344 e. The van der Waals surface area contributed by atoms with Crippen LogP contribution in [0.25, 0.3) is 0 Å². The first kappa shape index (κ1) is 22.2. The molecule has 1 N–H and O–H groups in total. The predicted octanol–water partition coefficient (Wildman–Crippen LogP) is 4.76. The molecule has 0 aliphatic rings. The molecule has 0 aromatic heterocycles. The van der Waals surface area contributed by atoms with Crippen LogP contribution in [0.1, 0.15) is 28.4 Å². The van der Waals surface area contributed by atoms with E-state index >= 15 is 0 Å². The van der Waals surface area contributed by atoms with E-state index in [1.165, 1.54) is 11.8 Å². The van der Waals surface area contributed by atoms with Gasteiger partial charge >= 0.3 is 5.97 Å². The number of benzene rings is 3. The molecule has 0 saturated carbocycles. The van der Waals surface area contributed by atoms with Crippen LogP contribution in [0.2, 0.25) is 0 Å². The van der Waals surface area contributed by atoms with Gasteiger partial charge in [-0.25, -0.2) is 10.2 Å². The monoisotopic (exact) mass is 480 g/mol. The summed E-state index contributed by atoms with van der Waals surface area (Å²) < 4.78 is 11.5. The average Bonchev–Trinajstić information content (AvgIpc) is 2.79. The van der Waals surface area contributed by atoms with E-state index in [1.807, 2.05) is 30.3 Å². The molecule has 0 bridgehead atoms. The fourth-order valence-electron chi connectivity index (χ4n) is 2.59. The molecule has 1 amide bonds. The summed E-state index contributed by atoms with van der Waals surface area (Å²) in [5.41, 5.74) is 4.79. The van der Waals surface area contributed by atoms with E-state index in [-0.39, 0.29) is 12.5 Å². The summed E-state index contributed by atoms with van der Waals surface area (Å²) in [6.45, 7) is 1.94. The molecule has 3 aromatic carbocycles. The van der Waals surface area contributed by atoms with Gasteiger partial charge in [0.25, 0.3) is 5.91 Å². The number of aryl methyl sites for hydroxylation is 1. The third-order valence-electron chi connectivity index (χ3n) is 4.29. The van der Waals surface area contributed by atoms with Gasteiger partial charge in [-0.1, -0.05) is 31.2 Å². The smallest absolute Gasteiger partial charge is 0.344 e. The van der Waals surface area contributed by atoms with Gasteiger partial charge in [0.15, 0.2) is 6.61 Å². The van der Waals surface area contributed by atoms with Gasteiger partial charge in [-0.2, -0.15) is 5.10 Å². The van der Waals surface area contributed by atoms with Crippen molar-refractivity contribution in [3.8, 4) is 11.5 Å². The van der Waals surface area contributed by atoms with Crippen LogP contribution in [0.5, 0.6) is 11.5 Å². The number of carbonyl (C=O) groups is 2. The number of hydrogen-bond donors (Lipinski definition) is 1. The third kappa shape index (κ3) is 6.79. The molecule has 0 fully saturated rings. The minimum absolute atomic E-state index is 0.132. The predicted molar refractivity (Wildman–Crippen MR) is 123 cm³/mol. The Kier molecular flexibility index (Phi) is 7.95. The van der Waals surface area contributed by atoms with Crippen molar-refractivity contribution in [2.24, 2.45) is 5.10 Å². The number of hydrogen-bond acceptors (Lipinski definition) is 5. The Hall–Kier alpha value is -3.45. The first-order valence-electron chi connectivity index (χ1n) is 9.65. The lowest BCUT2D eigenvalue weighted by Gasteiger charge is -2.06. The average molecular weight is 481 g/mol. The minimum Gasteiger partial charge on any atom is -0.484 e. The lowest BCUT2D eigenvalue weighted by molar-refractivity contribution is -0.123. The number of amides is 1. The molecule has 0 radical (unpaired) electrons. The van der Waals surface area contributed by atoms with Gasteiger partial charge in [0.2, 0.25) is 0 Å². The van der Waals surface area contributed by atoms with Crippen LogP contribution in [-0.2, 0) is 11.2 Å². The normalized spacial score (nSPS) is 10.6. The Labute approximate surface area is 189 Å². The molecule has 0 aliphatic carbocycles. The molecule has 0 unspecified atom stereocenters. The Morgan fingerprint density at radius 1 is 0.968 bits per heavy atom. The maximum absolute atomic E-state index is 12.2. The summed E-state index contributed by atoms with van der Waals surface area (Å²) >= 11 is 3.33. The lowest BCUT2D eigenvalue weighted by atomic mass is 10.2. The van der Waals surface area contributed by atoms with Gasteiger partial charge in [-0.15, -0.1) is 0 Å². The van der Waals surface area contributed by atoms with Crippen LogP contribution < -0.4 is 14.9 Å². The maximum atomic E-state index is 12.2. The molecule has 31 heavy (non-hydrogen) atoms. The van der Waals surface area contributed by atoms with Gasteiger partial charge in [0, 0.05) is 4.47 Å². The molecule has 3 aromatic rings. The largest absolute Gasteiger partial charge is 0.484 e. The summed E-state index contributed by atoms with van der Waals surface area (Å²) in [5, 5.41) is 3.91. The number of nitrogens with one attached hydrogen (secondary N) is 1.